The van der Waals surface area contributed by atoms with Gasteiger partial charge in [0.15, 0.2) is 0 Å². The van der Waals surface area contributed by atoms with E-state index in [9.17, 15) is 8.78 Å². The monoisotopic (exact) mass is 306 g/mol. The highest BCUT2D eigenvalue weighted by atomic mass is 32.2. The molecular formula is C14H24F2N2OS. The Bertz CT molecular complexity index is 375. The van der Waals surface area contributed by atoms with E-state index < -0.39 is 5.76 Å². The molecule has 0 amide bonds. The molecule has 1 heterocycles. The van der Waals surface area contributed by atoms with Crippen LogP contribution in [0, 0.1) is 5.92 Å². The van der Waals surface area contributed by atoms with Crippen molar-refractivity contribution in [3.8, 4) is 0 Å². The average molecular weight is 306 g/mol. The van der Waals surface area contributed by atoms with Gasteiger partial charge < -0.3 is 14.6 Å². The second kappa shape index (κ2) is 8.64. The molecule has 0 aromatic carbocycles. The Balaban J connectivity index is 2.35. The van der Waals surface area contributed by atoms with Gasteiger partial charge in [0, 0.05) is 12.6 Å². The summed E-state index contributed by atoms with van der Waals surface area (Å²) in [5.74, 6) is -0.193. The SMILES string of the molecule is CC(C)C(CNCc1ccc(CSC(F)F)o1)N(C)C. The Kier molecular flexibility index (Phi) is 7.55. The topological polar surface area (TPSA) is 28.4 Å². The molecule has 0 aliphatic carbocycles. The van der Waals surface area contributed by atoms with Gasteiger partial charge in [0.2, 0.25) is 0 Å². The molecular weight excluding hydrogens is 282 g/mol. The van der Waals surface area contributed by atoms with Crippen molar-refractivity contribution in [1.82, 2.24) is 10.2 Å². The van der Waals surface area contributed by atoms with E-state index in [-0.39, 0.29) is 5.75 Å². The maximum absolute atomic E-state index is 12.1. The van der Waals surface area contributed by atoms with Crippen molar-refractivity contribution >= 4 is 11.8 Å². The molecule has 1 aromatic heterocycles. The van der Waals surface area contributed by atoms with Gasteiger partial charge in [-0.1, -0.05) is 25.6 Å². The number of halogens is 2. The Morgan fingerprint density at radius 2 is 1.90 bits per heavy atom. The normalized spacial score (nSPS) is 13.7. The van der Waals surface area contributed by atoms with E-state index in [1.54, 1.807) is 6.07 Å². The van der Waals surface area contributed by atoms with Gasteiger partial charge in [-0.15, -0.1) is 0 Å². The van der Waals surface area contributed by atoms with Crippen LogP contribution in [-0.4, -0.2) is 37.3 Å². The number of likely N-dealkylation sites (N-methyl/N-ethyl adjacent to an activating group) is 1. The quantitative estimate of drug-likeness (QED) is 0.757. The molecule has 1 N–H and O–H groups in total. The fourth-order valence-electron chi connectivity index (χ4n) is 2.10. The summed E-state index contributed by atoms with van der Waals surface area (Å²) in [7, 11) is 4.14. The Hall–Kier alpha value is -0.590. The Labute approximate surface area is 124 Å². The zero-order valence-corrected chi connectivity index (χ0v) is 13.3. The van der Waals surface area contributed by atoms with Crippen LogP contribution >= 0.6 is 11.8 Å². The standard InChI is InChI=1S/C14H24F2N2OS/c1-10(2)13(18(3)4)8-17-7-11-5-6-12(19-11)9-20-14(15)16/h5-6,10,13-14,17H,7-9H2,1-4H3. The lowest BCUT2D eigenvalue weighted by molar-refractivity contribution is 0.222. The van der Waals surface area contributed by atoms with Crippen molar-refractivity contribution in [2.24, 2.45) is 5.92 Å². The van der Waals surface area contributed by atoms with E-state index in [1.807, 2.05) is 6.07 Å². The van der Waals surface area contributed by atoms with Gasteiger partial charge in [-0.25, -0.2) is 0 Å². The van der Waals surface area contributed by atoms with E-state index in [4.69, 9.17) is 4.42 Å². The van der Waals surface area contributed by atoms with E-state index in [2.05, 4.69) is 38.2 Å². The zero-order chi connectivity index (χ0) is 15.1. The number of alkyl halides is 2. The molecule has 0 radical (unpaired) electrons. The van der Waals surface area contributed by atoms with Crippen LogP contribution in [0.5, 0.6) is 0 Å². The highest BCUT2D eigenvalue weighted by molar-refractivity contribution is 7.98. The first-order valence-electron chi connectivity index (χ1n) is 6.74. The summed E-state index contributed by atoms with van der Waals surface area (Å²) in [5, 5.41) is 3.35. The van der Waals surface area contributed by atoms with E-state index in [1.165, 1.54) is 0 Å². The number of thioether (sulfide) groups is 1. The summed E-state index contributed by atoms with van der Waals surface area (Å²) in [6.07, 6.45) is 0. The molecule has 0 saturated heterocycles. The van der Waals surface area contributed by atoms with Gasteiger partial charge in [0.05, 0.1) is 12.3 Å². The maximum atomic E-state index is 12.1. The largest absolute Gasteiger partial charge is 0.464 e. The molecule has 3 nitrogen and oxygen atoms in total. The van der Waals surface area contributed by atoms with Crippen LogP contribution in [0.25, 0.3) is 0 Å². The lowest BCUT2D eigenvalue weighted by Gasteiger charge is -2.28. The van der Waals surface area contributed by atoms with Gasteiger partial charge in [-0.05, 0) is 32.1 Å². The predicted molar refractivity (Wildman–Crippen MR) is 80.0 cm³/mol. The van der Waals surface area contributed by atoms with Crippen LogP contribution in [0.3, 0.4) is 0 Å². The Morgan fingerprint density at radius 1 is 1.25 bits per heavy atom. The van der Waals surface area contributed by atoms with Crippen LogP contribution < -0.4 is 5.32 Å². The van der Waals surface area contributed by atoms with Crippen molar-refractivity contribution in [3.05, 3.63) is 23.7 Å². The van der Waals surface area contributed by atoms with Crippen molar-refractivity contribution in [3.63, 3.8) is 0 Å². The molecule has 0 aliphatic rings. The molecule has 1 unspecified atom stereocenters. The minimum atomic E-state index is -2.35. The summed E-state index contributed by atoms with van der Waals surface area (Å²) in [5.41, 5.74) is 0. The van der Waals surface area contributed by atoms with Crippen LogP contribution in [0.2, 0.25) is 0 Å². The number of nitrogens with one attached hydrogen (secondary N) is 1. The van der Waals surface area contributed by atoms with Gasteiger partial charge in [0.1, 0.15) is 11.5 Å². The third-order valence-corrected chi connectivity index (χ3v) is 3.86. The first-order valence-corrected chi connectivity index (χ1v) is 7.79. The van der Waals surface area contributed by atoms with Crippen LogP contribution in [0.15, 0.2) is 16.5 Å². The highest BCUT2D eigenvalue weighted by Crippen LogP contribution is 2.21. The van der Waals surface area contributed by atoms with Crippen molar-refractivity contribution in [1.29, 1.82) is 0 Å². The first kappa shape index (κ1) is 17.5. The molecule has 0 aliphatic heterocycles. The molecule has 0 fully saturated rings. The lowest BCUT2D eigenvalue weighted by Crippen LogP contribution is -2.41. The molecule has 0 bridgehead atoms. The van der Waals surface area contributed by atoms with Gasteiger partial charge in [0.25, 0.3) is 5.76 Å². The molecule has 0 spiro atoms. The summed E-state index contributed by atoms with van der Waals surface area (Å²) in [6.45, 7) is 5.88. The third kappa shape index (κ3) is 6.24. The van der Waals surface area contributed by atoms with E-state index in [0.29, 0.717) is 36.0 Å². The predicted octanol–water partition coefficient (Wildman–Crippen LogP) is 3.41. The minimum absolute atomic E-state index is 0.212. The van der Waals surface area contributed by atoms with Gasteiger partial charge in [-0.3, -0.25) is 0 Å². The van der Waals surface area contributed by atoms with Crippen LogP contribution in [-0.2, 0) is 12.3 Å². The summed E-state index contributed by atoms with van der Waals surface area (Å²) < 4.78 is 29.7. The molecule has 6 heteroatoms. The second-order valence-electron chi connectivity index (χ2n) is 5.35. The van der Waals surface area contributed by atoms with Crippen molar-refractivity contribution in [2.75, 3.05) is 20.6 Å². The summed E-state index contributed by atoms with van der Waals surface area (Å²) in [4.78, 5) is 2.20. The third-order valence-electron chi connectivity index (χ3n) is 3.15. The fraction of sp³-hybridized carbons (Fsp3) is 0.714. The van der Waals surface area contributed by atoms with Gasteiger partial charge >= 0.3 is 0 Å². The second-order valence-corrected chi connectivity index (χ2v) is 6.32. The number of furan rings is 1. The van der Waals surface area contributed by atoms with E-state index >= 15 is 0 Å². The summed E-state index contributed by atoms with van der Waals surface area (Å²) >= 11 is 0.580. The Morgan fingerprint density at radius 3 is 2.45 bits per heavy atom. The molecule has 0 saturated carbocycles. The van der Waals surface area contributed by atoms with Crippen LogP contribution in [0.4, 0.5) is 8.78 Å². The van der Waals surface area contributed by atoms with Crippen molar-refractivity contribution < 1.29 is 13.2 Å². The average Bonchev–Trinajstić information content (AvgIpc) is 2.79. The van der Waals surface area contributed by atoms with Gasteiger partial charge in [-0.2, -0.15) is 8.78 Å². The number of rotatable bonds is 9. The first-order chi connectivity index (χ1) is 9.40. The fourth-order valence-corrected chi connectivity index (χ4v) is 2.54. The molecule has 1 aromatic rings. The zero-order valence-electron chi connectivity index (χ0n) is 12.5. The number of hydrogen-bond donors (Lipinski definition) is 1. The molecule has 116 valence electrons. The van der Waals surface area contributed by atoms with E-state index in [0.717, 1.165) is 12.3 Å². The smallest absolute Gasteiger partial charge is 0.284 e. The van der Waals surface area contributed by atoms with Crippen molar-refractivity contribution in [2.45, 2.75) is 37.9 Å². The maximum Gasteiger partial charge on any atom is 0.284 e. The van der Waals surface area contributed by atoms with Crippen LogP contribution in [0.1, 0.15) is 25.4 Å². The highest BCUT2D eigenvalue weighted by Gasteiger charge is 2.15. The lowest BCUT2D eigenvalue weighted by atomic mass is 10.0. The summed E-state index contributed by atoms with van der Waals surface area (Å²) in [6, 6.07) is 4.06. The molecule has 20 heavy (non-hydrogen) atoms. The molecule has 1 atom stereocenters. The number of nitrogens with zero attached hydrogens (tertiary/aromatic N) is 1. The molecule has 1 rings (SSSR count). The number of hydrogen-bond acceptors (Lipinski definition) is 4. The minimum Gasteiger partial charge on any atom is -0.464 e.